The van der Waals surface area contributed by atoms with Crippen molar-refractivity contribution in [3.8, 4) is 0 Å². The van der Waals surface area contributed by atoms with Gasteiger partial charge in [0.25, 0.3) is 0 Å². The van der Waals surface area contributed by atoms with E-state index in [0.29, 0.717) is 12.0 Å². The molecule has 0 unspecified atom stereocenters. The van der Waals surface area contributed by atoms with Crippen molar-refractivity contribution in [2.75, 3.05) is 6.61 Å². The zero-order valence-electron chi connectivity index (χ0n) is 12.2. The lowest BCUT2D eigenvalue weighted by Crippen LogP contribution is -2.47. The highest BCUT2D eigenvalue weighted by atomic mass is 16.3. The maximum Gasteiger partial charge on any atom is 0.0587 e. The lowest BCUT2D eigenvalue weighted by Gasteiger charge is -2.38. The summed E-state index contributed by atoms with van der Waals surface area (Å²) in [5.74, 6) is 0.618. The molecule has 2 aromatic rings. The first kappa shape index (κ1) is 14.2. The van der Waals surface area contributed by atoms with Crippen molar-refractivity contribution in [1.29, 1.82) is 0 Å². The molecule has 3 nitrogen and oxygen atoms in total. The van der Waals surface area contributed by atoms with E-state index >= 15 is 0 Å². The number of aromatic nitrogens is 1. The van der Waals surface area contributed by atoms with E-state index in [1.807, 2.05) is 36.7 Å². The van der Waals surface area contributed by atoms with Crippen molar-refractivity contribution < 1.29 is 5.11 Å². The minimum atomic E-state index is 0.146. The zero-order valence-corrected chi connectivity index (χ0v) is 12.2. The SMILES string of the molecule is OC[C@@H](Cc1ccccc1)NC1CC(c2cccnc2)C1. The molecular weight excluding hydrogens is 260 g/mol. The summed E-state index contributed by atoms with van der Waals surface area (Å²) >= 11 is 0. The smallest absolute Gasteiger partial charge is 0.0587 e. The minimum absolute atomic E-state index is 0.146. The van der Waals surface area contributed by atoms with Crippen LogP contribution in [0.2, 0.25) is 0 Å². The Morgan fingerprint density at radius 3 is 2.62 bits per heavy atom. The molecule has 2 N–H and O–H groups in total. The minimum Gasteiger partial charge on any atom is -0.395 e. The average molecular weight is 282 g/mol. The summed E-state index contributed by atoms with van der Waals surface area (Å²) in [6, 6.07) is 15.2. The summed E-state index contributed by atoms with van der Waals surface area (Å²) in [6.07, 6.45) is 6.94. The van der Waals surface area contributed by atoms with Crippen LogP contribution in [0, 0.1) is 0 Å². The van der Waals surface area contributed by atoms with E-state index < -0.39 is 0 Å². The first-order chi connectivity index (χ1) is 10.3. The second-order valence-electron chi connectivity index (χ2n) is 5.89. The third kappa shape index (κ3) is 3.69. The van der Waals surface area contributed by atoms with Gasteiger partial charge in [0.05, 0.1) is 6.61 Å². The number of rotatable bonds is 6. The predicted molar refractivity (Wildman–Crippen MR) is 84.2 cm³/mol. The molecule has 3 heteroatoms. The quantitative estimate of drug-likeness (QED) is 0.856. The van der Waals surface area contributed by atoms with Gasteiger partial charge in [-0.1, -0.05) is 36.4 Å². The molecule has 1 fully saturated rings. The molecule has 1 heterocycles. The van der Waals surface area contributed by atoms with Gasteiger partial charge >= 0.3 is 0 Å². The van der Waals surface area contributed by atoms with E-state index in [1.165, 1.54) is 11.1 Å². The first-order valence-electron chi connectivity index (χ1n) is 7.66. The molecule has 0 amide bonds. The van der Waals surface area contributed by atoms with E-state index in [1.54, 1.807) is 0 Å². The number of pyridine rings is 1. The van der Waals surface area contributed by atoms with Crippen LogP contribution in [0.15, 0.2) is 54.9 Å². The Kier molecular flexibility index (Phi) is 4.63. The third-order valence-electron chi connectivity index (χ3n) is 4.31. The Balaban J connectivity index is 1.48. The van der Waals surface area contributed by atoms with Gasteiger partial charge in [-0.25, -0.2) is 0 Å². The highest BCUT2D eigenvalue weighted by molar-refractivity contribution is 5.20. The van der Waals surface area contributed by atoms with Gasteiger partial charge in [-0.2, -0.15) is 0 Å². The molecule has 1 aromatic heterocycles. The summed E-state index contributed by atoms with van der Waals surface area (Å²) in [4.78, 5) is 4.19. The molecule has 110 valence electrons. The molecule has 3 rings (SSSR count). The molecule has 1 aromatic carbocycles. The number of nitrogens with zero attached hydrogens (tertiary/aromatic N) is 1. The Labute approximate surface area is 126 Å². The summed E-state index contributed by atoms with van der Waals surface area (Å²) in [5.41, 5.74) is 2.60. The van der Waals surface area contributed by atoms with Crippen molar-refractivity contribution in [3.63, 3.8) is 0 Å². The van der Waals surface area contributed by atoms with Crippen LogP contribution in [0.5, 0.6) is 0 Å². The maximum absolute atomic E-state index is 9.57. The van der Waals surface area contributed by atoms with E-state index in [4.69, 9.17) is 0 Å². The maximum atomic E-state index is 9.57. The summed E-state index contributed by atoms with van der Waals surface area (Å²) < 4.78 is 0. The van der Waals surface area contributed by atoms with Crippen molar-refractivity contribution in [2.24, 2.45) is 0 Å². The van der Waals surface area contributed by atoms with Gasteiger partial charge in [-0.05, 0) is 42.4 Å². The molecule has 1 saturated carbocycles. The predicted octanol–water partition coefficient (Wildman–Crippen LogP) is 2.52. The van der Waals surface area contributed by atoms with Crippen LogP contribution >= 0.6 is 0 Å². The highest BCUT2D eigenvalue weighted by Crippen LogP contribution is 2.36. The van der Waals surface area contributed by atoms with Crippen LogP contribution in [-0.4, -0.2) is 28.8 Å². The Bertz CT molecular complexity index is 538. The van der Waals surface area contributed by atoms with Crippen LogP contribution < -0.4 is 5.32 Å². The Morgan fingerprint density at radius 1 is 1.14 bits per heavy atom. The van der Waals surface area contributed by atoms with Gasteiger partial charge in [-0.15, -0.1) is 0 Å². The van der Waals surface area contributed by atoms with Gasteiger partial charge in [0.1, 0.15) is 0 Å². The summed E-state index contributed by atoms with van der Waals surface area (Å²) in [5, 5.41) is 13.1. The van der Waals surface area contributed by atoms with Gasteiger partial charge in [0, 0.05) is 24.5 Å². The largest absolute Gasteiger partial charge is 0.395 e. The van der Waals surface area contributed by atoms with Gasteiger partial charge in [0.2, 0.25) is 0 Å². The Hall–Kier alpha value is -1.71. The molecule has 0 spiro atoms. The van der Waals surface area contributed by atoms with Crippen LogP contribution in [0.3, 0.4) is 0 Å². The fourth-order valence-electron chi connectivity index (χ4n) is 3.05. The molecule has 21 heavy (non-hydrogen) atoms. The molecule has 0 bridgehead atoms. The fraction of sp³-hybridized carbons (Fsp3) is 0.389. The standard InChI is InChI=1S/C18H22N2O/c21-13-18(9-14-5-2-1-3-6-14)20-17-10-16(11-17)15-7-4-8-19-12-15/h1-8,12,16-18,20-21H,9-11,13H2/t16?,17?,18-/m1/s1. The molecule has 0 radical (unpaired) electrons. The second kappa shape index (κ2) is 6.83. The number of benzene rings is 1. The van der Waals surface area contributed by atoms with Crippen molar-refractivity contribution in [3.05, 3.63) is 66.0 Å². The topological polar surface area (TPSA) is 45.1 Å². The number of nitrogens with one attached hydrogen (secondary N) is 1. The molecular formula is C18H22N2O. The van der Waals surface area contributed by atoms with E-state index in [0.717, 1.165) is 19.3 Å². The van der Waals surface area contributed by atoms with Gasteiger partial charge in [-0.3, -0.25) is 4.98 Å². The van der Waals surface area contributed by atoms with Crippen LogP contribution in [-0.2, 0) is 6.42 Å². The lowest BCUT2D eigenvalue weighted by molar-refractivity contribution is 0.195. The van der Waals surface area contributed by atoms with E-state index in [9.17, 15) is 5.11 Å². The molecule has 0 saturated heterocycles. The van der Waals surface area contributed by atoms with Crippen LogP contribution in [0.4, 0.5) is 0 Å². The first-order valence-corrected chi connectivity index (χ1v) is 7.66. The average Bonchev–Trinajstić information content (AvgIpc) is 2.51. The van der Waals surface area contributed by atoms with Crippen molar-refractivity contribution >= 4 is 0 Å². The zero-order chi connectivity index (χ0) is 14.5. The monoisotopic (exact) mass is 282 g/mol. The van der Waals surface area contributed by atoms with Gasteiger partial charge in [0.15, 0.2) is 0 Å². The molecule has 1 aliphatic carbocycles. The summed E-state index contributed by atoms with van der Waals surface area (Å²) in [7, 11) is 0. The second-order valence-corrected chi connectivity index (χ2v) is 5.89. The van der Waals surface area contributed by atoms with Crippen molar-refractivity contribution in [1.82, 2.24) is 10.3 Å². The van der Waals surface area contributed by atoms with Crippen molar-refractivity contribution in [2.45, 2.75) is 37.3 Å². The lowest BCUT2D eigenvalue weighted by atomic mass is 9.76. The third-order valence-corrected chi connectivity index (χ3v) is 4.31. The fourth-order valence-corrected chi connectivity index (χ4v) is 3.05. The molecule has 1 aliphatic rings. The highest BCUT2D eigenvalue weighted by Gasteiger charge is 2.31. The number of aliphatic hydroxyl groups is 1. The Morgan fingerprint density at radius 2 is 1.95 bits per heavy atom. The van der Waals surface area contributed by atoms with Gasteiger partial charge < -0.3 is 10.4 Å². The van der Waals surface area contributed by atoms with E-state index in [-0.39, 0.29) is 12.6 Å². The van der Waals surface area contributed by atoms with Crippen LogP contribution in [0.25, 0.3) is 0 Å². The normalized spacial score (nSPS) is 22.5. The molecule has 0 aliphatic heterocycles. The van der Waals surface area contributed by atoms with E-state index in [2.05, 4.69) is 28.5 Å². The summed E-state index contributed by atoms with van der Waals surface area (Å²) in [6.45, 7) is 0.183. The van der Waals surface area contributed by atoms with Crippen LogP contribution in [0.1, 0.15) is 29.9 Å². The number of hydrogen-bond donors (Lipinski definition) is 2. The number of hydrogen-bond acceptors (Lipinski definition) is 3. The number of aliphatic hydroxyl groups excluding tert-OH is 1. The molecule has 1 atom stereocenters.